The Hall–Kier alpha value is -2.40. The van der Waals surface area contributed by atoms with E-state index in [1.807, 2.05) is 23.5 Å². The average Bonchev–Trinajstić information content (AvgIpc) is 2.82. The fourth-order valence-corrected chi connectivity index (χ4v) is 6.80. The van der Waals surface area contributed by atoms with E-state index in [2.05, 4.69) is 122 Å². The summed E-state index contributed by atoms with van der Waals surface area (Å²) >= 11 is 5.57. The lowest BCUT2D eigenvalue weighted by atomic mass is 10.2. The molecule has 0 fully saturated rings. The number of rotatable bonds is 8. The molecule has 0 aromatic heterocycles. The van der Waals surface area contributed by atoms with Crippen LogP contribution in [0.3, 0.4) is 0 Å². The molecule has 0 saturated heterocycles. The van der Waals surface area contributed by atoms with E-state index in [4.69, 9.17) is 4.99 Å². The molecule has 4 rings (SSSR count). The minimum Gasteiger partial charge on any atom is -0.246 e. The number of aliphatic imine (C=N–C) groups is 1. The van der Waals surface area contributed by atoms with Crippen molar-refractivity contribution >= 4 is 46.0 Å². The van der Waals surface area contributed by atoms with Crippen molar-refractivity contribution in [2.75, 3.05) is 0 Å². The van der Waals surface area contributed by atoms with Crippen molar-refractivity contribution in [2.45, 2.75) is 32.6 Å². The fraction of sp³-hybridized carbons (Fsp3) is 0.107. The molecule has 1 nitrogen and oxygen atoms in total. The van der Waals surface area contributed by atoms with Crippen molar-refractivity contribution in [3.05, 3.63) is 121 Å². The van der Waals surface area contributed by atoms with E-state index < -0.39 is 0 Å². The standard InChI is InChI=1S/C28H25NS3/c1-22-17-19-23(20-18-22)29-27(30-24-11-5-2-6-12-24)21-28(31-25-13-7-3-8-14-25)32-26-15-9-4-10-16-26/h2-20,28H,21H2,1H3. The average molecular weight is 472 g/mol. The summed E-state index contributed by atoms with van der Waals surface area (Å²) in [6.45, 7) is 2.11. The second-order valence-corrected chi connectivity index (χ2v) is 11.2. The third-order valence-electron chi connectivity index (χ3n) is 4.63. The van der Waals surface area contributed by atoms with Gasteiger partial charge in [0.2, 0.25) is 0 Å². The number of hydrogen-bond donors (Lipinski definition) is 0. The molecule has 0 atom stereocenters. The normalized spacial score (nSPS) is 11.6. The zero-order valence-corrected chi connectivity index (χ0v) is 20.4. The first-order valence-electron chi connectivity index (χ1n) is 10.6. The molecule has 0 N–H and O–H groups in total. The van der Waals surface area contributed by atoms with Gasteiger partial charge in [0.25, 0.3) is 0 Å². The lowest BCUT2D eigenvalue weighted by molar-refractivity contribution is 1.23. The van der Waals surface area contributed by atoms with Crippen molar-refractivity contribution < 1.29 is 0 Å². The molecule has 160 valence electrons. The Morgan fingerprint density at radius 2 is 1.09 bits per heavy atom. The van der Waals surface area contributed by atoms with Crippen LogP contribution in [0.1, 0.15) is 12.0 Å². The predicted molar refractivity (Wildman–Crippen MR) is 144 cm³/mol. The third kappa shape index (κ3) is 7.33. The second-order valence-electron chi connectivity index (χ2n) is 7.25. The Bertz CT molecular complexity index is 1070. The van der Waals surface area contributed by atoms with Crippen LogP contribution in [0.4, 0.5) is 5.69 Å². The summed E-state index contributed by atoms with van der Waals surface area (Å²) in [6, 6.07) is 40.3. The Kier molecular flexibility index (Phi) is 8.55. The molecule has 0 aliphatic rings. The molecule has 0 aliphatic heterocycles. The molecule has 4 aromatic carbocycles. The van der Waals surface area contributed by atoms with Gasteiger partial charge in [0.15, 0.2) is 0 Å². The maximum atomic E-state index is 5.07. The van der Waals surface area contributed by atoms with Gasteiger partial charge in [0.1, 0.15) is 0 Å². The van der Waals surface area contributed by atoms with Crippen LogP contribution in [0, 0.1) is 6.92 Å². The van der Waals surface area contributed by atoms with Crippen molar-refractivity contribution in [3.63, 3.8) is 0 Å². The molecule has 0 saturated carbocycles. The zero-order chi connectivity index (χ0) is 22.0. The molecule has 0 aliphatic carbocycles. The second kappa shape index (κ2) is 12.0. The van der Waals surface area contributed by atoms with Gasteiger partial charge in [-0.05, 0) is 55.5 Å². The summed E-state index contributed by atoms with van der Waals surface area (Å²) in [7, 11) is 0. The fourth-order valence-electron chi connectivity index (χ4n) is 3.05. The molecular weight excluding hydrogens is 447 g/mol. The summed E-state index contributed by atoms with van der Waals surface area (Å²) < 4.78 is 0.306. The van der Waals surface area contributed by atoms with Crippen molar-refractivity contribution in [1.82, 2.24) is 0 Å². The first-order valence-corrected chi connectivity index (χ1v) is 13.1. The topological polar surface area (TPSA) is 12.4 Å². The summed E-state index contributed by atoms with van der Waals surface area (Å²) in [6.07, 6.45) is 0.868. The number of aryl methyl sites for hydroxylation is 1. The molecule has 0 spiro atoms. The van der Waals surface area contributed by atoms with Crippen LogP contribution in [0.5, 0.6) is 0 Å². The molecule has 32 heavy (non-hydrogen) atoms. The monoisotopic (exact) mass is 471 g/mol. The Balaban J connectivity index is 1.62. The molecule has 0 radical (unpaired) electrons. The Labute approximate surface area is 203 Å². The highest BCUT2D eigenvalue weighted by Gasteiger charge is 2.17. The van der Waals surface area contributed by atoms with Gasteiger partial charge in [-0.2, -0.15) is 0 Å². The molecule has 0 bridgehead atoms. The van der Waals surface area contributed by atoms with Gasteiger partial charge in [-0.1, -0.05) is 84.1 Å². The summed E-state index contributed by atoms with van der Waals surface area (Å²) in [5, 5.41) is 1.12. The molecule has 0 amide bonds. The first kappa shape index (κ1) is 22.8. The van der Waals surface area contributed by atoms with E-state index in [1.165, 1.54) is 20.2 Å². The highest BCUT2D eigenvalue weighted by molar-refractivity contribution is 8.17. The van der Waals surface area contributed by atoms with Crippen molar-refractivity contribution in [3.8, 4) is 0 Å². The van der Waals surface area contributed by atoms with Crippen LogP contribution >= 0.6 is 35.3 Å². The van der Waals surface area contributed by atoms with E-state index >= 15 is 0 Å². The van der Waals surface area contributed by atoms with Crippen LogP contribution < -0.4 is 0 Å². The highest BCUT2D eigenvalue weighted by Crippen LogP contribution is 2.40. The van der Waals surface area contributed by atoms with Gasteiger partial charge < -0.3 is 0 Å². The largest absolute Gasteiger partial charge is 0.246 e. The van der Waals surface area contributed by atoms with Crippen molar-refractivity contribution in [1.29, 1.82) is 0 Å². The maximum Gasteiger partial charge on any atom is 0.0806 e. The van der Waals surface area contributed by atoms with Crippen LogP contribution in [-0.2, 0) is 0 Å². The van der Waals surface area contributed by atoms with Crippen LogP contribution in [0.25, 0.3) is 0 Å². The van der Waals surface area contributed by atoms with Crippen LogP contribution in [0.2, 0.25) is 0 Å². The maximum absolute atomic E-state index is 5.07. The van der Waals surface area contributed by atoms with Crippen molar-refractivity contribution in [2.24, 2.45) is 4.99 Å². The third-order valence-corrected chi connectivity index (χ3v) is 8.16. The minimum atomic E-state index is 0.306. The first-order chi connectivity index (χ1) is 15.7. The lowest BCUT2D eigenvalue weighted by Crippen LogP contribution is -2.05. The summed E-state index contributed by atoms with van der Waals surface area (Å²) in [5.74, 6) is 0. The smallest absolute Gasteiger partial charge is 0.0806 e. The van der Waals surface area contributed by atoms with E-state index in [1.54, 1.807) is 11.8 Å². The minimum absolute atomic E-state index is 0.306. The van der Waals surface area contributed by atoms with Gasteiger partial charge in [0, 0.05) is 21.1 Å². The molecular formula is C28H25NS3. The predicted octanol–water partition coefficient (Wildman–Crippen LogP) is 9.12. The summed E-state index contributed by atoms with van der Waals surface area (Å²) in [4.78, 5) is 8.84. The number of thioether (sulfide) groups is 3. The van der Waals surface area contributed by atoms with Crippen LogP contribution in [-0.4, -0.2) is 9.63 Å². The van der Waals surface area contributed by atoms with Gasteiger partial charge in [0.05, 0.1) is 15.3 Å². The lowest BCUT2D eigenvalue weighted by Gasteiger charge is -2.18. The van der Waals surface area contributed by atoms with Gasteiger partial charge in [-0.25, -0.2) is 4.99 Å². The van der Waals surface area contributed by atoms with Crippen LogP contribution in [0.15, 0.2) is 135 Å². The molecule has 4 aromatic rings. The number of hydrogen-bond acceptors (Lipinski definition) is 4. The van der Waals surface area contributed by atoms with Gasteiger partial charge in [-0.15, -0.1) is 23.5 Å². The molecule has 4 heteroatoms. The SMILES string of the molecule is Cc1ccc(N=C(CC(Sc2ccccc2)Sc2ccccc2)Sc2ccccc2)cc1. The van der Waals surface area contributed by atoms with Gasteiger partial charge in [-0.3, -0.25) is 0 Å². The van der Waals surface area contributed by atoms with E-state index in [-0.39, 0.29) is 0 Å². The molecule has 0 unspecified atom stereocenters. The highest BCUT2D eigenvalue weighted by atomic mass is 32.2. The summed E-state index contributed by atoms with van der Waals surface area (Å²) in [5.41, 5.74) is 2.25. The number of nitrogens with zero attached hydrogens (tertiary/aromatic N) is 1. The quantitative estimate of drug-likeness (QED) is 0.110. The zero-order valence-electron chi connectivity index (χ0n) is 17.9. The van der Waals surface area contributed by atoms with E-state index in [0.717, 1.165) is 17.2 Å². The van der Waals surface area contributed by atoms with E-state index in [0.29, 0.717) is 4.58 Å². The Morgan fingerprint density at radius 3 is 1.59 bits per heavy atom. The number of benzene rings is 4. The van der Waals surface area contributed by atoms with E-state index in [9.17, 15) is 0 Å². The Morgan fingerprint density at radius 1 is 0.625 bits per heavy atom. The molecule has 0 heterocycles. The van der Waals surface area contributed by atoms with Gasteiger partial charge >= 0.3 is 0 Å².